The number of rotatable bonds is 4. The fourth-order valence-corrected chi connectivity index (χ4v) is 3.14. The van der Waals surface area contributed by atoms with Crippen molar-refractivity contribution in [2.24, 2.45) is 0 Å². The summed E-state index contributed by atoms with van der Waals surface area (Å²) in [5, 5.41) is 3.12. The van der Waals surface area contributed by atoms with E-state index in [4.69, 9.17) is 10.5 Å². The highest BCUT2D eigenvalue weighted by molar-refractivity contribution is 5.96. The van der Waals surface area contributed by atoms with Crippen molar-refractivity contribution in [3.63, 3.8) is 0 Å². The zero-order valence-electron chi connectivity index (χ0n) is 14.9. The summed E-state index contributed by atoms with van der Waals surface area (Å²) in [6.07, 6.45) is 0.908. The average molecular weight is 398 g/mol. The molecule has 1 aliphatic rings. The highest BCUT2D eigenvalue weighted by Crippen LogP contribution is 2.30. The van der Waals surface area contributed by atoms with Crippen molar-refractivity contribution < 1.29 is 9.53 Å². The number of hydrogen-bond acceptors (Lipinski definition) is 4. The van der Waals surface area contributed by atoms with Crippen LogP contribution in [-0.2, 0) is 0 Å². The molecule has 1 unspecified atom stereocenters. The van der Waals surface area contributed by atoms with E-state index in [1.807, 2.05) is 43.3 Å². The van der Waals surface area contributed by atoms with E-state index in [1.165, 1.54) is 0 Å². The van der Waals surface area contributed by atoms with Crippen molar-refractivity contribution in [1.82, 2.24) is 5.32 Å². The molecular formula is C19H25Cl2N3O2. The minimum atomic E-state index is -0.0633. The van der Waals surface area contributed by atoms with Crippen LogP contribution in [-0.4, -0.2) is 32.1 Å². The lowest BCUT2D eigenvalue weighted by atomic mass is 10.1. The molecule has 3 rings (SSSR count). The molecule has 5 nitrogen and oxygen atoms in total. The number of anilines is 2. The minimum absolute atomic E-state index is 0. The number of halogens is 2. The van der Waals surface area contributed by atoms with Crippen molar-refractivity contribution in [1.29, 1.82) is 0 Å². The highest BCUT2D eigenvalue weighted by atomic mass is 35.5. The lowest BCUT2D eigenvalue weighted by Gasteiger charge is -2.21. The molecule has 0 spiro atoms. The number of nitrogen functional groups attached to an aromatic ring is 1. The summed E-state index contributed by atoms with van der Waals surface area (Å²) in [5.74, 6) is 0.794. The van der Waals surface area contributed by atoms with Crippen LogP contribution in [0.5, 0.6) is 5.75 Å². The molecule has 3 N–H and O–H groups in total. The third-order valence-electron chi connectivity index (χ3n) is 4.46. The molecular weight excluding hydrogens is 373 g/mol. The first-order chi connectivity index (χ1) is 11.6. The summed E-state index contributed by atoms with van der Waals surface area (Å²) in [6, 6.07) is 13.5. The summed E-state index contributed by atoms with van der Waals surface area (Å²) in [4.78, 5) is 14.8. The average Bonchev–Trinajstić information content (AvgIpc) is 3.05. The Kier molecular flexibility index (Phi) is 8.06. The van der Waals surface area contributed by atoms with E-state index >= 15 is 0 Å². The predicted octanol–water partition coefficient (Wildman–Crippen LogP) is 3.44. The van der Waals surface area contributed by atoms with Gasteiger partial charge in [0.25, 0.3) is 5.91 Å². The Balaban J connectivity index is 0.00000169. The molecule has 0 radical (unpaired) electrons. The van der Waals surface area contributed by atoms with Crippen molar-refractivity contribution in [3.05, 3.63) is 53.6 Å². The number of benzene rings is 2. The number of nitrogens with zero attached hydrogens (tertiary/aromatic N) is 1. The molecule has 1 aliphatic heterocycles. The third-order valence-corrected chi connectivity index (χ3v) is 4.46. The van der Waals surface area contributed by atoms with E-state index in [-0.39, 0.29) is 36.8 Å². The van der Waals surface area contributed by atoms with Gasteiger partial charge >= 0.3 is 0 Å². The van der Waals surface area contributed by atoms with Gasteiger partial charge < -0.3 is 20.7 Å². The maximum atomic E-state index is 12.5. The number of nitrogens with two attached hydrogens (primary N) is 1. The van der Waals surface area contributed by atoms with Crippen molar-refractivity contribution in [2.75, 3.05) is 30.8 Å². The van der Waals surface area contributed by atoms with E-state index < -0.39 is 0 Å². The van der Waals surface area contributed by atoms with E-state index in [0.29, 0.717) is 11.3 Å². The fraction of sp³-hybridized carbons (Fsp3) is 0.316. The monoisotopic (exact) mass is 397 g/mol. The lowest BCUT2D eigenvalue weighted by Crippen LogP contribution is -2.37. The van der Waals surface area contributed by atoms with Gasteiger partial charge in [0.1, 0.15) is 5.75 Å². The largest absolute Gasteiger partial charge is 0.495 e. The molecule has 1 saturated heterocycles. The number of amides is 1. The number of carbonyl (C=O) groups excluding carboxylic acids is 1. The molecule has 7 heteroatoms. The smallest absolute Gasteiger partial charge is 0.251 e. The van der Waals surface area contributed by atoms with Crippen LogP contribution in [0.1, 0.15) is 22.3 Å². The molecule has 1 amide bonds. The SMILES string of the molecule is COc1ccccc1N1CCC(NC(=O)c2cc(N)ccc2C)C1.Cl.Cl. The van der Waals surface area contributed by atoms with Gasteiger partial charge in [-0.2, -0.15) is 0 Å². The van der Waals surface area contributed by atoms with Gasteiger partial charge in [-0.1, -0.05) is 18.2 Å². The first-order valence-electron chi connectivity index (χ1n) is 8.13. The van der Waals surface area contributed by atoms with Gasteiger partial charge in [0.15, 0.2) is 0 Å². The third kappa shape index (κ3) is 4.74. The number of ether oxygens (including phenoxy) is 1. The zero-order valence-corrected chi connectivity index (χ0v) is 16.5. The molecule has 0 saturated carbocycles. The first kappa shape index (κ1) is 21.9. The molecule has 0 aliphatic carbocycles. The van der Waals surface area contributed by atoms with Gasteiger partial charge in [-0.3, -0.25) is 4.79 Å². The van der Waals surface area contributed by atoms with E-state index in [0.717, 1.165) is 36.5 Å². The van der Waals surface area contributed by atoms with Crippen molar-refractivity contribution >= 4 is 42.1 Å². The molecule has 1 atom stereocenters. The van der Waals surface area contributed by atoms with Crippen LogP contribution in [0, 0.1) is 6.92 Å². The van der Waals surface area contributed by atoms with Crippen molar-refractivity contribution in [3.8, 4) is 5.75 Å². The Morgan fingerprint density at radius 1 is 1.23 bits per heavy atom. The zero-order chi connectivity index (χ0) is 17.1. The summed E-state index contributed by atoms with van der Waals surface area (Å²) < 4.78 is 5.43. The number of nitrogens with one attached hydrogen (secondary N) is 1. The summed E-state index contributed by atoms with van der Waals surface area (Å²) in [5.41, 5.74) is 9.05. The van der Waals surface area contributed by atoms with Gasteiger partial charge in [0.2, 0.25) is 0 Å². The van der Waals surface area contributed by atoms with Gasteiger partial charge in [0, 0.05) is 30.4 Å². The molecule has 1 heterocycles. The highest BCUT2D eigenvalue weighted by Gasteiger charge is 2.26. The number of carbonyl (C=O) groups is 1. The lowest BCUT2D eigenvalue weighted by molar-refractivity contribution is 0.0940. The van der Waals surface area contributed by atoms with Crippen molar-refractivity contribution in [2.45, 2.75) is 19.4 Å². The topological polar surface area (TPSA) is 67.6 Å². The van der Waals surface area contributed by atoms with Crippen LogP contribution < -0.4 is 20.7 Å². The van der Waals surface area contributed by atoms with Gasteiger partial charge in [0.05, 0.1) is 12.8 Å². The second kappa shape index (κ2) is 9.55. The molecule has 2 aromatic rings. The van der Waals surface area contributed by atoms with Gasteiger partial charge in [-0.15, -0.1) is 24.8 Å². The van der Waals surface area contributed by atoms with Crippen LogP contribution in [0.2, 0.25) is 0 Å². The van der Waals surface area contributed by atoms with Crippen LogP contribution in [0.4, 0.5) is 11.4 Å². The quantitative estimate of drug-likeness (QED) is 0.775. The van der Waals surface area contributed by atoms with E-state index in [2.05, 4.69) is 10.2 Å². The molecule has 1 fully saturated rings. The predicted molar refractivity (Wildman–Crippen MR) is 111 cm³/mol. The summed E-state index contributed by atoms with van der Waals surface area (Å²) in [7, 11) is 1.68. The maximum Gasteiger partial charge on any atom is 0.251 e. The van der Waals surface area contributed by atoms with Crippen LogP contribution >= 0.6 is 24.8 Å². The van der Waals surface area contributed by atoms with Gasteiger partial charge in [-0.25, -0.2) is 0 Å². The van der Waals surface area contributed by atoms with Crippen LogP contribution in [0.25, 0.3) is 0 Å². The fourth-order valence-electron chi connectivity index (χ4n) is 3.14. The number of hydrogen-bond donors (Lipinski definition) is 2. The number of aryl methyl sites for hydroxylation is 1. The van der Waals surface area contributed by atoms with E-state index in [9.17, 15) is 4.79 Å². The minimum Gasteiger partial charge on any atom is -0.495 e. The Morgan fingerprint density at radius 3 is 2.69 bits per heavy atom. The summed E-state index contributed by atoms with van der Waals surface area (Å²) >= 11 is 0. The van der Waals surface area contributed by atoms with Crippen LogP contribution in [0.15, 0.2) is 42.5 Å². The standard InChI is InChI=1S/C19H23N3O2.2ClH/c1-13-7-8-14(20)11-16(13)19(23)21-15-9-10-22(12-15)17-5-3-4-6-18(17)24-2;;/h3-8,11,15H,9-10,12,20H2,1-2H3,(H,21,23);2*1H. The number of para-hydroxylation sites is 2. The molecule has 2 aromatic carbocycles. The van der Waals surface area contributed by atoms with Gasteiger partial charge in [-0.05, 0) is 43.2 Å². The Hall–Kier alpha value is -2.11. The molecule has 0 aromatic heterocycles. The molecule has 142 valence electrons. The molecule has 26 heavy (non-hydrogen) atoms. The maximum absolute atomic E-state index is 12.5. The Morgan fingerprint density at radius 2 is 1.96 bits per heavy atom. The van der Waals surface area contributed by atoms with E-state index in [1.54, 1.807) is 13.2 Å². The second-order valence-electron chi connectivity index (χ2n) is 6.15. The summed E-state index contributed by atoms with van der Waals surface area (Å²) in [6.45, 7) is 3.58. The Bertz CT molecular complexity index is 755. The normalized spacial score (nSPS) is 15.6. The first-order valence-corrected chi connectivity index (χ1v) is 8.13. The molecule has 0 bridgehead atoms. The van der Waals surface area contributed by atoms with Crippen LogP contribution in [0.3, 0.4) is 0 Å². The second-order valence-corrected chi connectivity index (χ2v) is 6.15. The number of methoxy groups -OCH3 is 1. The Labute approximate surface area is 166 Å².